The molecule has 7 rings (SSSR count). The fourth-order valence-electron chi connectivity index (χ4n) is 5.40. The zero-order valence-electron chi connectivity index (χ0n) is 33.1. The molecule has 0 aliphatic heterocycles. The van der Waals surface area contributed by atoms with Crippen LogP contribution in [-0.2, 0) is 26.5 Å². The van der Waals surface area contributed by atoms with Crippen molar-refractivity contribution in [1.29, 1.82) is 0 Å². The Hall–Kier alpha value is -3.41. The summed E-state index contributed by atoms with van der Waals surface area (Å²) in [5.74, 6) is 6.98. The molecule has 0 aliphatic carbocycles. The van der Waals surface area contributed by atoms with Crippen LogP contribution in [0.15, 0.2) is 116 Å². The number of aryl methyl sites for hydroxylation is 1. The van der Waals surface area contributed by atoms with Crippen molar-refractivity contribution in [3.05, 3.63) is 139 Å². The van der Waals surface area contributed by atoms with Crippen LogP contribution < -0.4 is 4.40 Å². The van der Waals surface area contributed by atoms with Crippen LogP contribution in [0.1, 0.15) is 38.8 Å². The van der Waals surface area contributed by atoms with E-state index in [1.165, 1.54) is 37.1 Å². The normalized spacial score (nSPS) is 13.7. The van der Waals surface area contributed by atoms with Crippen molar-refractivity contribution in [3.8, 4) is 33.6 Å². The molecule has 0 N–H and O–H groups in total. The summed E-state index contributed by atoms with van der Waals surface area (Å²) in [5, 5.41) is 2.41. The van der Waals surface area contributed by atoms with E-state index < -0.39 is 31.9 Å². The maximum Gasteiger partial charge on any atom is 0.0321 e. The van der Waals surface area contributed by atoms with Crippen molar-refractivity contribution in [2.24, 2.45) is 5.41 Å². The molecular formula is C43H42GeIrN2S-2. The molecule has 48 heavy (non-hydrogen) atoms. The first-order valence-corrected chi connectivity index (χ1v) is 24.0. The molecule has 5 heteroatoms. The van der Waals surface area contributed by atoms with Gasteiger partial charge in [-0.1, -0.05) is 80.3 Å². The minimum atomic E-state index is -2.08. The number of pyridine rings is 2. The van der Waals surface area contributed by atoms with E-state index in [1.54, 1.807) is 35.7 Å². The van der Waals surface area contributed by atoms with Crippen LogP contribution in [0.2, 0.25) is 17.3 Å². The Bertz CT molecular complexity index is 2270. The van der Waals surface area contributed by atoms with Gasteiger partial charge in [0.15, 0.2) is 0 Å². The van der Waals surface area contributed by atoms with Crippen LogP contribution in [0.25, 0.3) is 53.8 Å². The second-order valence-electron chi connectivity index (χ2n) is 13.8. The predicted octanol–water partition coefficient (Wildman–Crippen LogP) is 11.6. The molecule has 0 aliphatic rings. The minimum absolute atomic E-state index is 0. The summed E-state index contributed by atoms with van der Waals surface area (Å²) in [5.41, 5.74) is 6.19. The van der Waals surface area contributed by atoms with E-state index in [9.17, 15) is 0 Å². The number of aromatic nitrogens is 2. The third-order valence-corrected chi connectivity index (χ3v) is 13.2. The zero-order chi connectivity index (χ0) is 37.5. The van der Waals surface area contributed by atoms with E-state index in [0.29, 0.717) is 11.1 Å². The van der Waals surface area contributed by atoms with Gasteiger partial charge >= 0.3 is 110 Å². The molecule has 0 saturated carbocycles. The van der Waals surface area contributed by atoms with Crippen molar-refractivity contribution in [3.63, 3.8) is 0 Å². The molecule has 7 aromatic rings. The summed E-state index contributed by atoms with van der Waals surface area (Å²) in [7, 11) is 0. The van der Waals surface area contributed by atoms with Crippen LogP contribution in [0.5, 0.6) is 0 Å². The molecule has 0 unspecified atom stereocenters. The first kappa shape index (κ1) is 29.5. The van der Waals surface area contributed by atoms with Crippen molar-refractivity contribution in [1.82, 2.24) is 9.97 Å². The van der Waals surface area contributed by atoms with Gasteiger partial charge in [-0.3, -0.25) is 0 Å². The molecular weight excluding hydrogens is 841 g/mol. The van der Waals surface area contributed by atoms with E-state index >= 15 is 0 Å². The molecule has 245 valence electrons. The fourth-order valence-corrected chi connectivity index (χ4v) is 8.82. The fraction of sp³-hybridized carbons (Fsp3) is 0.209. The Balaban J connectivity index is 0.000000223. The molecule has 3 aromatic heterocycles. The topological polar surface area (TPSA) is 25.8 Å². The van der Waals surface area contributed by atoms with E-state index in [-0.39, 0.29) is 20.1 Å². The van der Waals surface area contributed by atoms with Gasteiger partial charge in [0.1, 0.15) is 0 Å². The largest absolute Gasteiger partial charge is 0.305 e. The van der Waals surface area contributed by atoms with Gasteiger partial charge in [0.2, 0.25) is 0 Å². The third-order valence-electron chi connectivity index (χ3n) is 7.79. The Morgan fingerprint density at radius 3 is 2.29 bits per heavy atom. The smallest absolute Gasteiger partial charge is 0.0321 e. The average molecular weight is 889 g/mol. The standard InChI is InChI=1S/C28H24NS.C15H18GeN.Ir/c1-28(2,3)18-19-14-15-29-25(16-19)24-11-7-10-23-22-13-12-21(17-26(22)30-27(23)24)20-8-5-4-6-9-20;1-12-5-7-13(8-6-12)15-10-9-14(11-17-15)16(2,3)4;/h4-10,12-17H,18H2,1-3H3;5-7,9-11H,1-4H3;/q2*-1;/i18D2;1D3;. The second-order valence-corrected chi connectivity index (χ2v) is 25.5. The Labute approximate surface area is 313 Å². The van der Waals surface area contributed by atoms with Crippen LogP contribution in [0.3, 0.4) is 0 Å². The number of thiophene rings is 1. The summed E-state index contributed by atoms with van der Waals surface area (Å²) in [4.78, 5) is 9.08. The summed E-state index contributed by atoms with van der Waals surface area (Å²) in [6.45, 7) is 3.70. The number of rotatable bonds is 5. The van der Waals surface area contributed by atoms with Gasteiger partial charge in [0, 0.05) is 33.7 Å². The molecule has 2 nitrogen and oxygen atoms in total. The summed E-state index contributed by atoms with van der Waals surface area (Å²) >= 11 is -0.0850. The first-order chi connectivity index (χ1) is 24.4. The van der Waals surface area contributed by atoms with Crippen LogP contribution in [-0.4, -0.2) is 23.2 Å². The second kappa shape index (κ2) is 15.0. The van der Waals surface area contributed by atoms with E-state index in [1.807, 2.05) is 51.2 Å². The predicted molar refractivity (Wildman–Crippen MR) is 206 cm³/mol. The minimum Gasteiger partial charge on any atom is -0.305 e. The van der Waals surface area contributed by atoms with Crippen LogP contribution >= 0.6 is 11.3 Å². The summed E-state index contributed by atoms with van der Waals surface area (Å²) in [6, 6.07) is 40.2. The van der Waals surface area contributed by atoms with E-state index in [4.69, 9.17) is 6.85 Å². The maximum atomic E-state index is 8.67. The molecule has 0 fully saturated rings. The molecule has 0 amide bonds. The van der Waals surface area contributed by atoms with Gasteiger partial charge in [0.05, 0.1) is 0 Å². The molecule has 0 atom stereocenters. The number of hydrogen-bond acceptors (Lipinski definition) is 3. The first-order valence-electron chi connectivity index (χ1n) is 18.3. The monoisotopic (exact) mass is 890 g/mol. The quantitative estimate of drug-likeness (QED) is 0.127. The number of benzene rings is 4. The summed E-state index contributed by atoms with van der Waals surface area (Å²) in [6.07, 6.45) is 2.19. The Morgan fingerprint density at radius 1 is 0.812 bits per heavy atom. The van der Waals surface area contributed by atoms with Gasteiger partial charge < -0.3 is 4.98 Å². The van der Waals surface area contributed by atoms with Crippen molar-refractivity contribution < 1.29 is 27.0 Å². The van der Waals surface area contributed by atoms with E-state index in [2.05, 4.69) is 94.0 Å². The van der Waals surface area contributed by atoms with E-state index in [0.717, 1.165) is 27.2 Å². The SMILES string of the molecule is [2H]C([2H])([2H])c1c[c-]c(-c2cc[c]([Ge]([CH3])([CH3])[CH3])cn2)cc1.[2H]C([2H])(c1ccnc(-c2[c-]ccc3c2sc2cc(-c4ccccc4)ccc23)c1)C(C)(C)C.[Ir]. The number of nitrogens with zero attached hydrogens (tertiary/aromatic N) is 2. The van der Waals surface area contributed by atoms with Crippen LogP contribution in [0.4, 0.5) is 0 Å². The maximum absolute atomic E-state index is 8.67. The van der Waals surface area contributed by atoms with Crippen molar-refractivity contribution >= 4 is 49.2 Å². The van der Waals surface area contributed by atoms with Gasteiger partial charge in [0.25, 0.3) is 0 Å². The summed E-state index contributed by atoms with van der Waals surface area (Å²) < 4.78 is 43.1. The molecule has 4 aromatic carbocycles. The van der Waals surface area contributed by atoms with Crippen molar-refractivity contribution in [2.75, 3.05) is 0 Å². The Kier molecular flexibility index (Phi) is 9.22. The van der Waals surface area contributed by atoms with Gasteiger partial charge in [-0.05, 0) is 50.8 Å². The molecule has 1 radical (unpaired) electrons. The third kappa shape index (κ3) is 8.59. The number of hydrogen-bond donors (Lipinski definition) is 0. The van der Waals surface area contributed by atoms with Crippen molar-refractivity contribution in [2.45, 2.75) is 51.3 Å². The Morgan fingerprint density at radius 2 is 1.62 bits per heavy atom. The van der Waals surface area contributed by atoms with Gasteiger partial charge in [-0.25, -0.2) is 0 Å². The average Bonchev–Trinajstić information content (AvgIpc) is 3.49. The zero-order valence-corrected chi connectivity index (χ0v) is 33.4. The van der Waals surface area contributed by atoms with Gasteiger partial charge in [-0.15, -0.1) is 23.8 Å². The van der Waals surface area contributed by atoms with Crippen LogP contribution in [0, 0.1) is 24.4 Å². The molecule has 0 saturated heterocycles. The molecule has 0 spiro atoms. The molecule has 3 heterocycles. The number of fused-ring (bicyclic) bond motifs is 3. The van der Waals surface area contributed by atoms with Gasteiger partial charge in [-0.2, -0.15) is 11.3 Å². The molecule has 0 bridgehead atoms.